The summed E-state index contributed by atoms with van der Waals surface area (Å²) in [6.07, 6.45) is 0. The summed E-state index contributed by atoms with van der Waals surface area (Å²) in [5.41, 5.74) is 3.14. The molecule has 1 heterocycles. The molecule has 0 radical (unpaired) electrons. The lowest BCUT2D eigenvalue weighted by Gasteiger charge is -2.26. The zero-order valence-electron chi connectivity index (χ0n) is 19.0. The molecule has 5 nitrogen and oxygen atoms in total. The quantitative estimate of drug-likeness (QED) is 0.254. The fourth-order valence-corrected chi connectivity index (χ4v) is 4.30. The number of benzene rings is 3. The largest absolute Gasteiger partial charge is 0.507 e. The molecular formula is C28H23BrN2O3. The van der Waals surface area contributed by atoms with E-state index in [4.69, 9.17) is 5.26 Å². The summed E-state index contributed by atoms with van der Waals surface area (Å²) in [6, 6.07) is 22.4. The van der Waals surface area contributed by atoms with Gasteiger partial charge >= 0.3 is 0 Å². The Morgan fingerprint density at radius 3 is 2.06 bits per heavy atom. The van der Waals surface area contributed by atoms with Gasteiger partial charge in [-0.05, 0) is 52.9 Å². The molecule has 0 aliphatic carbocycles. The number of carbonyl (C=O) groups is 2. The van der Waals surface area contributed by atoms with Crippen LogP contribution in [0.25, 0.3) is 5.76 Å². The van der Waals surface area contributed by atoms with Gasteiger partial charge in [0, 0.05) is 15.7 Å². The Labute approximate surface area is 207 Å². The first kappa shape index (κ1) is 23.5. The SMILES string of the molecule is CC(C)(C)c1ccc(C2/C(=C(/O)c3ccc(Br)cc3)C(=O)C(=O)N2c2ccc(C#N)cc2)cc1. The van der Waals surface area contributed by atoms with E-state index in [0.29, 0.717) is 22.4 Å². The number of Topliss-reactive ketones (excluding diaryl/α,β-unsaturated/α-hetero) is 1. The number of nitriles is 1. The first-order valence-corrected chi connectivity index (χ1v) is 11.6. The van der Waals surface area contributed by atoms with Gasteiger partial charge in [0.2, 0.25) is 0 Å². The number of hydrogen-bond donors (Lipinski definition) is 1. The lowest BCUT2D eigenvalue weighted by Crippen LogP contribution is -2.29. The number of ketones is 1. The van der Waals surface area contributed by atoms with Crippen molar-refractivity contribution in [1.82, 2.24) is 0 Å². The van der Waals surface area contributed by atoms with Crippen LogP contribution in [0.5, 0.6) is 0 Å². The van der Waals surface area contributed by atoms with E-state index in [1.165, 1.54) is 4.90 Å². The molecule has 1 fully saturated rings. The number of rotatable bonds is 3. The number of carbonyl (C=O) groups excluding carboxylic acids is 2. The van der Waals surface area contributed by atoms with Gasteiger partial charge < -0.3 is 5.11 Å². The molecular weight excluding hydrogens is 492 g/mol. The Balaban J connectivity index is 1.91. The molecule has 1 amide bonds. The van der Waals surface area contributed by atoms with Crippen LogP contribution >= 0.6 is 15.9 Å². The number of halogens is 1. The lowest BCUT2D eigenvalue weighted by atomic mass is 9.85. The Kier molecular flexibility index (Phi) is 6.16. The van der Waals surface area contributed by atoms with Crippen molar-refractivity contribution < 1.29 is 14.7 Å². The van der Waals surface area contributed by atoms with Crippen molar-refractivity contribution in [2.24, 2.45) is 0 Å². The predicted molar refractivity (Wildman–Crippen MR) is 135 cm³/mol. The molecule has 1 aliphatic rings. The van der Waals surface area contributed by atoms with E-state index in [0.717, 1.165) is 10.0 Å². The van der Waals surface area contributed by atoms with Gasteiger partial charge in [0.05, 0.1) is 23.2 Å². The van der Waals surface area contributed by atoms with Crippen LogP contribution in [0.2, 0.25) is 0 Å². The van der Waals surface area contributed by atoms with Gasteiger partial charge in [0.25, 0.3) is 11.7 Å². The zero-order valence-corrected chi connectivity index (χ0v) is 20.6. The highest BCUT2D eigenvalue weighted by atomic mass is 79.9. The minimum atomic E-state index is -0.814. The molecule has 34 heavy (non-hydrogen) atoms. The van der Waals surface area contributed by atoms with Crippen molar-refractivity contribution in [3.8, 4) is 6.07 Å². The average Bonchev–Trinajstić information content (AvgIpc) is 3.09. The molecule has 3 aromatic carbocycles. The van der Waals surface area contributed by atoms with Gasteiger partial charge in [0.15, 0.2) is 0 Å². The number of aliphatic hydroxyl groups is 1. The standard InChI is InChI=1S/C28H23BrN2O3/c1-28(2,3)20-10-6-18(7-11-20)24-23(25(32)19-8-12-21(29)13-9-19)26(33)27(34)31(24)22-14-4-17(16-30)5-15-22/h4-15,24,32H,1-3H3/b25-23-. The van der Waals surface area contributed by atoms with Crippen LogP contribution in [0.1, 0.15) is 49.1 Å². The second-order valence-corrected chi connectivity index (χ2v) is 10.1. The maximum Gasteiger partial charge on any atom is 0.300 e. The molecule has 4 rings (SSSR count). The number of nitrogens with zero attached hydrogens (tertiary/aromatic N) is 2. The van der Waals surface area contributed by atoms with Crippen molar-refractivity contribution in [2.75, 3.05) is 4.90 Å². The number of amides is 1. The van der Waals surface area contributed by atoms with Gasteiger partial charge in [-0.15, -0.1) is 0 Å². The molecule has 0 aromatic heterocycles. The van der Waals surface area contributed by atoms with E-state index in [1.54, 1.807) is 48.5 Å². The van der Waals surface area contributed by atoms with E-state index < -0.39 is 17.7 Å². The molecule has 1 unspecified atom stereocenters. The van der Waals surface area contributed by atoms with Gasteiger partial charge in [-0.3, -0.25) is 14.5 Å². The zero-order chi connectivity index (χ0) is 24.6. The summed E-state index contributed by atoms with van der Waals surface area (Å²) in [7, 11) is 0. The highest BCUT2D eigenvalue weighted by molar-refractivity contribution is 9.10. The normalized spacial score (nSPS) is 17.6. The van der Waals surface area contributed by atoms with E-state index >= 15 is 0 Å². The molecule has 0 saturated carbocycles. The molecule has 1 aliphatic heterocycles. The smallest absolute Gasteiger partial charge is 0.300 e. The summed E-state index contributed by atoms with van der Waals surface area (Å²) in [6.45, 7) is 6.33. The third-order valence-corrected chi connectivity index (χ3v) is 6.46. The second-order valence-electron chi connectivity index (χ2n) is 9.21. The summed E-state index contributed by atoms with van der Waals surface area (Å²) >= 11 is 3.37. The maximum atomic E-state index is 13.2. The molecule has 3 aromatic rings. The maximum absolute atomic E-state index is 13.2. The summed E-state index contributed by atoms with van der Waals surface area (Å²) in [4.78, 5) is 27.9. The Bertz CT molecular complexity index is 1330. The number of aliphatic hydroxyl groups excluding tert-OH is 1. The highest BCUT2D eigenvalue weighted by Crippen LogP contribution is 2.42. The number of hydrogen-bond acceptors (Lipinski definition) is 4. The average molecular weight is 515 g/mol. The topological polar surface area (TPSA) is 81.4 Å². The minimum Gasteiger partial charge on any atom is -0.507 e. The first-order chi connectivity index (χ1) is 16.1. The van der Waals surface area contributed by atoms with Crippen LogP contribution in [0.15, 0.2) is 82.8 Å². The fourth-order valence-electron chi connectivity index (χ4n) is 4.04. The lowest BCUT2D eigenvalue weighted by molar-refractivity contribution is -0.132. The van der Waals surface area contributed by atoms with Crippen molar-refractivity contribution >= 4 is 39.1 Å². The monoisotopic (exact) mass is 514 g/mol. The Morgan fingerprint density at radius 2 is 1.53 bits per heavy atom. The van der Waals surface area contributed by atoms with E-state index in [1.807, 2.05) is 24.3 Å². The predicted octanol–water partition coefficient (Wildman–Crippen LogP) is 6.24. The van der Waals surface area contributed by atoms with Crippen LogP contribution in [0, 0.1) is 11.3 Å². The van der Waals surface area contributed by atoms with Gasteiger partial charge in [-0.1, -0.05) is 73.1 Å². The van der Waals surface area contributed by atoms with Crippen molar-refractivity contribution in [3.05, 3.63) is 105 Å². The molecule has 170 valence electrons. The Hall–Kier alpha value is -3.69. The van der Waals surface area contributed by atoms with Crippen LogP contribution in [-0.2, 0) is 15.0 Å². The number of anilines is 1. The molecule has 1 saturated heterocycles. The van der Waals surface area contributed by atoms with Crippen LogP contribution in [0.3, 0.4) is 0 Å². The van der Waals surface area contributed by atoms with Gasteiger partial charge in [0.1, 0.15) is 5.76 Å². The molecule has 1 atom stereocenters. The summed E-state index contributed by atoms with van der Waals surface area (Å²) in [5.74, 6) is -1.71. The molecule has 0 spiro atoms. The van der Waals surface area contributed by atoms with Crippen LogP contribution in [0.4, 0.5) is 5.69 Å². The van der Waals surface area contributed by atoms with E-state index in [9.17, 15) is 14.7 Å². The summed E-state index contributed by atoms with van der Waals surface area (Å²) < 4.78 is 0.830. The molecule has 6 heteroatoms. The van der Waals surface area contributed by atoms with Crippen LogP contribution in [-0.4, -0.2) is 16.8 Å². The second kappa shape index (κ2) is 8.92. The fraction of sp³-hybridized carbons (Fsp3) is 0.179. The van der Waals surface area contributed by atoms with Crippen molar-refractivity contribution in [3.63, 3.8) is 0 Å². The molecule has 0 bridgehead atoms. The van der Waals surface area contributed by atoms with Crippen LogP contribution < -0.4 is 4.90 Å². The minimum absolute atomic E-state index is 0.0280. The van der Waals surface area contributed by atoms with E-state index in [-0.39, 0.29) is 16.7 Å². The summed E-state index contributed by atoms with van der Waals surface area (Å²) in [5, 5.41) is 20.3. The first-order valence-electron chi connectivity index (χ1n) is 10.8. The third-order valence-electron chi connectivity index (χ3n) is 5.93. The third kappa shape index (κ3) is 4.27. The van der Waals surface area contributed by atoms with Crippen molar-refractivity contribution in [2.45, 2.75) is 32.2 Å². The highest BCUT2D eigenvalue weighted by Gasteiger charge is 2.47. The van der Waals surface area contributed by atoms with Gasteiger partial charge in [-0.2, -0.15) is 5.26 Å². The Morgan fingerprint density at radius 1 is 0.941 bits per heavy atom. The van der Waals surface area contributed by atoms with Gasteiger partial charge in [-0.25, -0.2) is 0 Å². The van der Waals surface area contributed by atoms with E-state index in [2.05, 4.69) is 42.8 Å². The van der Waals surface area contributed by atoms with Crippen molar-refractivity contribution in [1.29, 1.82) is 5.26 Å². The molecule has 1 N–H and O–H groups in total.